The molecule has 2 aromatic rings. The molecule has 0 atom stereocenters. The Morgan fingerprint density at radius 3 is 2.42 bits per heavy atom. The van der Waals surface area contributed by atoms with Crippen LogP contribution in [-0.4, -0.2) is 31.1 Å². The van der Waals surface area contributed by atoms with Crippen molar-refractivity contribution in [3.63, 3.8) is 0 Å². The Morgan fingerprint density at radius 1 is 1.03 bits per heavy atom. The number of rotatable bonds is 8. The maximum Gasteiger partial charge on any atom is 0.335 e. The normalized spacial score (nSPS) is 15.3. The predicted molar refractivity (Wildman–Crippen MR) is 121 cm³/mol. The molecule has 31 heavy (non-hydrogen) atoms. The lowest BCUT2D eigenvalue weighted by atomic mass is 10.1. The van der Waals surface area contributed by atoms with Crippen LogP contribution in [0.25, 0.3) is 6.08 Å². The lowest BCUT2D eigenvalue weighted by Gasteiger charge is -2.26. The number of amides is 4. The number of nitrogens with zero attached hydrogens (tertiary/aromatic N) is 1. The van der Waals surface area contributed by atoms with E-state index < -0.39 is 17.8 Å². The molecular formula is C23H23BrN2O5. The molecule has 1 N–H and O–H groups in total. The van der Waals surface area contributed by atoms with Gasteiger partial charge in [-0.1, -0.05) is 19.4 Å². The number of halogens is 1. The van der Waals surface area contributed by atoms with Crippen molar-refractivity contribution in [2.45, 2.75) is 26.7 Å². The third-order valence-electron chi connectivity index (χ3n) is 4.53. The molecule has 162 valence electrons. The number of unbranched alkanes of at least 4 members (excludes halogenated alkanes) is 1. The summed E-state index contributed by atoms with van der Waals surface area (Å²) in [5.74, 6) is -0.135. The molecule has 0 bridgehead atoms. The fourth-order valence-corrected chi connectivity index (χ4v) is 3.47. The van der Waals surface area contributed by atoms with Crippen molar-refractivity contribution in [3.8, 4) is 11.5 Å². The zero-order valence-electron chi connectivity index (χ0n) is 17.3. The predicted octanol–water partition coefficient (Wildman–Crippen LogP) is 4.69. The number of barbiturate groups is 1. The van der Waals surface area contributed by atoms with Crippen LogP contribution in [0.15, 0.2) is 52.5 Å². The first kappa shape index (κ1) is 22.6. The molecule has 1 heterocycles. The van der Waals surface area contributed by atoms with E-state index in [2.05, 4.69) is 28.2 Å². The van der Waals surface area contributed by atoms with Gasteiger partial charge in [0.15, 0.2) is 0 Å². The summed E-state index contributed by atoms with van der Waals surface area (Å²) in [4.78, 5) is 38.7. The maximum absolute atomic E-state index is 13.0. The molecule has 1 fully saturated rings. The van der Waals surface area contributed by atoms with Gasteiger partial charge in [0.25, 0.3) is 11.8 Å². The molecule has 2 aromatic carbocycles. The standard InChI is InChI=1S/C23H23BrN2O5/c1-3-5-12-31-17-9-7-16(8-10-17)26-22(28)18(21(27)25-23(26)29)13-15-6-11-20(30-4-2)19(24)14-15/h6-11,13-14H,3-5,12H2,1-2H3,(H,25,27,29)/b18-13-. The minimum atomic E-state index is -0.792. The fourth-order valence-electron chi connectivity index (χ4n) is 2.96. The summed E-state index contributed by atoms with van der Waals surface area (Å²) < 4.78 is 11.8. The first-order chi connectivity index (χ1) is 14.9. The van der Waals surface area contributed by atoms with Gasteiger partial charge in [-0.25, -0.2) is 9.69 Å². The van der Waals surface area contributed by atoms with Crippen LogP contribution in [0.5, 0.6) is 11.5 Å². The van der Waals surface area contributed by atoms with Crippen molar-refractivity contribution in [3.05, 3.63) is 58.1 Å². The van der Waals surface area contributed by atoms with E-state index in [1.165, 1.54) is 6.08 Å². The smallest absolute Gasteiger partial charge is 0.335 e. The molecule has 0 aromatic heterocycles. The van der Waals surface area contributed by atoms with Crippen LogP contribution in [-0.2, 0) is 9.59 Å². The summed E-state index contributed by atoms with van der Waals surface area (Å²) in [7, 11) is 0. The van der Waals surface area contributed by atoms with Gasteiger partial charge in [-0.15, -0.1) is 0 Å². The number of carbonyl (C=O) groups is 3. The molecule has 1 aliphatic heterocycles. The van der Waals surface area contributed by atoms with Gasteiger partial charge in [-0.05, 0) is 77.3 Å². The molecule has 0 radical (unpaired) electrons. The van der Waals surface area contributed by atoms with Crippen molar-refractivity contribution in [2.24, 2.45) is 0 Å². The molecule has 0 aliphatic carbocycles. The Balaban J connectivity index is 1.85. The third-order valence-corrected chi connectivity index (χ3v) is 5.15. The van der Waals surface area contributed by atoms with Gasteiger partial charge in [0.1, 0.15) is 17.1 Å². The van der Waals surface area contributed by atoms with Crippen LogP contribution in [0, 0.1) is 0 Å². The summed E-state index contributed by atoms with van der Waals surface area (Å²) in [6.45, 7) is 5.06. The highest BCUT2D eigenvalue weighted by Gasteiger charge is 2.36. The number of hydrogen-bond donors (Lipinski definition) is 1. The number of urea groups is 1. The van der Waals surface area contributed by atoms with Crippen LogP contribution in [0.4, 0.5) is 10.5 Å². The van der Waals surface area contributed by atoms with Crippen LogP contribution in [0.3, 0.4) is 0 Å². The summed E-state index contributed by atoms with van der Waals surface area (Å²) in [5.41, 5.74) is 0.818. The topological polar surface area (TPSA) is 84.9 Å². The Bertz CT molecular complexity index is 1020. The van der Waals surface area contributed by atoms with Crippen LogP contribution in [0.2, 0.25) is 0 Å². The van der Waals surface area contributed by atoms with E-state index in [0.717, 1.165) is 17.7 Å². The molecule has 1 saturated heterocycles. The Hall–Kier alpha value is -3.13. The van der Waals surface area contributed by atoms with Crippen LogP contribution >= 0.6 is 15.9 Å². The average Bonchev–Trinajstić information content (AvgIpc) is 2.74. The first-order valence-electron chi connectivity index (χ1n) is 10.0. The fraction of sp³-hybridized carbons (Fsp3) is 0.261. The highest BCUT2D eigenvalue weighted by atomic mass is 79.9. The van der Waals surface area contributed by atoms with E-state index in [1.807, 2.05) is 6.92 Å². The second-order valence-electron chi connectivity index (χ2n) is 6.78. The molecule has 8 heteroatoms. The number of hydrogen-bond acceptors (Lipinski definition) is 5. The highest BCUT2D eigenvalue weighted by Crippen LogP contribution is 2.28. The highest BCUT2D eigenvalue weighted by molar-refractivity contribution is 9.10. The van der Waals surface area contributed by atoms with E-state index in [-0.39, 0.29) is 5.57 Å². The molecule has 3 rings (SSSR count). The first-order valence-corrected chi connectivity index (χ1v) is 10.8. The van der Waals surface area contributed by atoms with Gasteiger partial charge in [-0.3, -0.25) is 14.9 Å². The van der Waals surface area contributed by atoms with Gasteiger partial charge in [-0.2, -0.15) is 0 Å². The van der Waals surface area contributed by atoms with Crippen molar-refractivity contribution in [2.75, 3.05) is 18.1 Å². The second kappa shape index (κ2) is 10.3. The van der Waals surface area contributed by atoms with Crippen molar-refractivity contribution >= 4 is 45.5 Å². The van der Waals surface area contributed by atoms with E-state index in [1.54, 1.807) is 42.5 Å². The van der Waals surface area contributed by atoms with Gasteiger partial charge < -0.3 is 9.47 Å². The minimum Gasteiger partial charge on any atom is -0.494 e. The Kier molecular flexibility index (Phi) is 7.46. The van der Waals surface area contributed by atoms with E-state index >= 15 is 0 Å². The zero-order chi connectivity index (χ0) is 22.4. The van der Waals surface area contributed by atoms with E-state index in [0.29, 0.717) is 40.4 Å². The minimum absolute atomic E-state index is 0.140. The van der Waals surface area contributed by atoms with Crippen molar-refractivity contribution in [1.29, 1.82) is 0 Å². The van der Waals surface area contributed by atoms with Gasteiger partial charge in [0.05, 0.1) is 23.4 Å². The van der Waals surface area contributed by atoms with Crippen LogP contribution in [0.1, 0.15) is 32.3 Å². The van der Waals surface area contributed by atoms with E-state index in [4.69, 9.17) is 9.47 Å². The number of imide groups is 2. The zero-order valence-corrected chi connectivity index (χ0v) is 18.9. The summed E-state index contributed by atoms with van der Waals surface area (Å²) in [5, 5.41) is 2.22. The Morgan fingerprint density at radius 2 is 1.77 bits per heavy atom. The lowest BCUT2D eigenvalue weighted by Crippen LogP contribution is -2.54. The average molecular weight is 487 g/mol. The number of carbonyl (C=O) groups excluding carboxylic acids is 3. The molecular weight excluding hydrogens is 464 g/mol. The monoisotopic (exact) mass is 486 g/mol. The molecule has 4 amide bonds. The molecule has 0 spiro atoms. The third kappa shape index (κ3) is 5.32. The quantitative estimate of drug-likeness (QED) is 0.332. The summed E-state index contributed by atoms with van der Waals surface area (Å²) in [6.07, 6.45) is 3.40. The molecule has 1 aliphatic rings. The van der Waals surface area contributed by atoms with Crippen molar-refractivity contribution in [1.82, 2.24) is 5.32 Å². The summed E-state index contributed by atoms with van der Waals surface area (Å²) in [6, 6.07) is 11.0. The number of benzene rings is 2. The van der Waals surface area contributed by atoms with Gasteiger partial charge in [0.2, 0.25) is 0 Å². The SMILES string of the molecule is CCCCOc1ccc(N2C(=O)NC(=O)/C(=C/c3ccc(OCC)c(Br)c3)C2=O)cc1. The largest absolute Gasteiger partial charge is 0.494 e. The molecule has 0 unspecified atom stereocenters. The van der Waals surface area contributed by atoms with E-state index in [9.17, 15) is 14.4 Å². The number of ether oxygens (including phenoxy) is 2. The maximum atomic E-state index is 13.0. The molecule has 0 saturated carbocycles. The van der Waals surface area contributed by atoms with Gasteiger partial charge in [0, 0.05) is 0 Å². The van der Waals surface area contributed by atoms with Gasteiger partial charge >= 0.3 is 6.03 Å². The number of anilines is 1. The van der Waals surface area contributed by atoms with Crippen LogP contribution < -0.4 is 19.7 Å². The summed E-state index contributed by atoms with van der Waals surface area (Å²) >= 11 is 3.41. The lowest BCUT2D eigenvalue weighted by molar-refractivity contribution is -0.122. The van der Waals surface area contributed by atoms with Crippen molar-refractivity contribution < 1.29 is 23.9 Å². The second-order valence-corrected chi connectivity index (χ2v) is 7.63. The number of nitrogens with one attached hydrogen (secondary N) is 1. The molecule has 7 nitrogen and oxygen atoms in total. The Labute approximate surface area is 189 Å².